The van der Waals surface area contributed by atoms with E-state index >= 15 is 0 Å². The van der Waals surface area contributed by atoms with Gasteiger partial charge in [-0.2, -0.15) is 0 Å². The third-order valence-electron chi connectivity index (χ3n) is 5.27. The summed E-state index contributed by atoms with van der Waals surface area (Å²) in [6.45, 7) is 2.69. The standard InChI is InChI=1S/C19H33NO4/c1-4-23-19-15(11-8-12-21)16(14-9-6-5-7-10-14)13-17(24-19)18(22)20(2)3/h13-16,19,21H,4-12H2,1-3H3/t15-,16+,19+/m0/s1. The molecule has 2 aliphatic rings. The summed E-state index contributed by atoms with van der Waals surface area (Å²) in [5.41, 5.74) is 0. The van der Waals surface area contributed by atoms with Crippen LogP contribution in [0.4, 0.5) is 0 Å². The molecule has 0 bridgehead atoms. The van der Waals surface area contributed by atoms with Gasteiger partial charge >= 0.3 is 0 Å². The number of hydrogen-bond donors (Lipinski definition) is 1. The lowest BCUT2D eigenvalue weighted by Crippen LogP contribution is -2.42. The first-order valence-corrected chi connectivity index (χ1v) is 9.41. The molecule has 5 nitrogen and oxygen atoms in total. The number of aliphatic hydroxyl groups excluding tert-OH is 1. The van der Waals surface area contributed by atoms with Gasteiger partial charge in [0.2, 0.25) is 6.29 Å². The van der Waals surface area contributed by atoms with Gasteiger partial charge in [-0.1, -0.05) is 19.3 Å². The molecule has 0 saturated heterocycles. The van der Waals surface area contributed by atoms with Gasteiger partial charge in [-0.25, -0.2) is 0 Å². The Balaban J connectivity index is 2.27. The molecule has 1 saturated carbocycles. The van der Waals surface area contributed by atoms with Crippen molar-refractivity contribution in [3.63, 3.8) is 0 Å². The average molecular weight is 339 g/mol. The van der Waals surface area contributed by atoms with Crippen LogP contribution in [0.15, 0.2) is 11.8 Å². The number of hydrogen-bond acceptors (Lipinski definition) is 4. The first-order valence-electron chi connectivity index (χ1n) is 9.41. The highest BCUT2D eigenvalue weighted by atomic mass is 16.7. The highest BCUT2D eigenvalue weighted by Gasteiger charge is 2.40. The topological polar surface area (TPSA) is 59.0 Å². The number of rotatable bonds is 7. The Labute approximate surface area is 146 Å². The molecule has 1 heterocycles. The van der Waals surface area contributed by atoms with E-state index in [0.717, 1.165) is 12.8 Å². The summed E-state index contributed by atoms with van der Waals surface area (Å²) in [6, 6.07) is 0. The minimum atomic E-state index is -0.391. The van der Waals surface area contributed by atoms with E-state index in [1.54, 1.807) is 19.0 Å². The fraction of sp³-hybridized carbons (Fsp3) is 0.842. The predicted octanol–water partition coefficient (Wildman–Crippen LogP) is 2.94. The summed E-state index contributed by atoms with van der Waals surface area (Å²) < 4.78 is 11.8. The lowest BCUT2D eigenvalue weighted by molar-refractivity contribution is -0.179. The van der Waals surface area contributed by atoms with Gasteiger partial charge in [0.15, 0.2) is 5.76 Å². The summed E-state index contributed by atoms with van der Waals surface area (Å²) in [7, 11) is 3.49. The first-order chi connectivity index (χ1) is 11.6. The van der Waals surface area contributed by atoms with Gasteiger partial charge in [0, 0.05) is 33.2 Å². The van der Waals surface area contributed by atoms with Gasteiger partial charge in [-0.05, 0) is 50.5 Å². The molecule has 3 atom stereocenters. The summed E-state index contributed by atoms with van der Waals surface area (Å²) in [4.78, 5) is 14.0. The Hall–Kier alpha value is -1.07. The number of ether oxygens (including phenoxy) is 2. The molecule has 0 unspecified atom stereocenters. The van der Waals surface area contributed by atoms with E-state index < -0.39 is 6.29 Å². The molecule has 1 amide bonds. The quantitative estimate of drug-likeness (QED) is 0.775. The normalized spacial score (nSPS) is 28.2. The fourth-order valence-corrected chi connectivity index (χ4v) is 4.06. The molecule has 0 spiro atoms. The van der Waals surface area contributed by atoms with Gasteiger partial charge in [-0.3, -0.25) is 4.79 Å². The molecule has 0 aromatic heterocycles. The Morgan fingerprint density at radius 3 is 2.62 bits per heavy atom. The van der Waals surface area contributed by atoms with E-state index in [1.165, 1.54) is 32.1 Å². The van der Waals surface area contributed by atoms with E-state index in [-0.39, 0.29) is 18.4 Å². The van der Waals surface area contributed by atoms with Crippen LogP contribution in [0.25, 0.3) is 0 Å². The fourth-order valence-electron chi connectivity index (χ4n) is 4.06. The van der Waals surface area contributed by atoms with Crippen LogP contribution in [0.5, 0.6) is 0 Å². The maximum absolute atomic E-state index is 12.4. The van der Waals surface area contributed by atoms with E-state index in [9.17, 15) is 9.90 Å². The van der Waals surface area contributed by atoms with Crippen molar-refractivity contribution in [3.8, 4) is 0 Å². The highest BCUT2D eigenvalue weighted by Crippen LogP contribution is 2.42. The van der Waals surface area contributed by atoms with E-state index in [2.05, 4.69) is 6.08 Å². The van der Waals surface area contributed by atoms with Gasteiger partial charge in [0.1, 0.15) is 0 Å². The Bertz CT molecular complexity index is 429. The molecular weight excluding hydrogens is 306 g/mol. The van der Waals surface area contributed by atoms with Crippen molar-refractivity contribution >= 4 is 5.91 Å². The molecule has 0 aromatic carbocycles. The van der Waals surface area contributed by atoms with E-state index in [0.29, 0.717) is 24.2 Å². The second-order valence-corrected chi connectivity index (χ2v) is 7.18. The molecule has 5 heteroatoms. The minimum Gasteiger partial charge on any atom is -0.459 e. The van der Waals surface area contributed by atoms with E-state index in [1.807, 2.05) is 6.92 Å². The molecule has 1 N–H and O–H groups in total. The summed E-state index contributed by atoms with van der Waals surface area (Å²) in [5, 5.41) is 9.26. The van der Waals surface area contributed by atoms with Crippen LogP contribution < -0.4 is 0 Å². The van der Waals surface area contributed by atoms with Crippen molar-refractivity contribution in [3.05, 3.63) is 11.8 Å². The number of allylic oxidation sites excluding steroid dienone is 1. The third kappa shape index (κ3) is 4.73. The Morgan fingerprint density at radius 1 is 1.33 bits per heavy atom. The monoisotopic (exact) mass is 339 g/mol. The lowest BCUT2D eigenvalue weighted by atomic mass is 9.71. The Morgan fingerprint density at radius 2 is 2.04 bits per heavy atom. The van der Waals surface area contributed by atoms with Crippen LogP contribution in [0, 0.1) is 17.8 Å². The SMILES string of the molecule is CCO[C@@H]1OC(C(=O)N(C)C)=C[C@H](C2CCCCC2)[C@@H]1CCCO. The lowest BCUT2D eigenvalue weighted by Gasteiger charge is -2.41. The number of carbonyl (C=O) groups excluding carboxylic acids is 1. The zero-order valence-electron chi connectivity index (χ0n) is 15.4. The highest BCUT2D eigenvalue weighted by molar-refractivity contribution is 5.91. The predicted molar refractivity (Wildman–Crippen MR) is 93.2 cm³/mol. The van der Waals surface area contributed by atoms with Crippen molar-refractivity contribution in [1.29, 1.82) is 0 Å². The van der Waals surface area contributed by atoms with Crippen molar-refractivity contribution in [1.82, 2.24) is 4.90 Å². The smallest absolute Gasteiger partial charge is 0.288 e. The van der Waals surface area contributed by atoms with Gasteiger partial charge in [-0.15, -0.1) is 0 Å². The van der Waals surface area contributed by atoms with Crippen LogP contribution in [-0.2, 0) is 14.3 Å². The van der Waals surface area contributed by atoms with E-state index in [4.69, 9.17) is 9.47 Å². The second-order valence-electron chi connectivity index (χ2n) is 7.18. The zero-order chi connectivity index (χ0) is 17.5. The molecule has 0 radical (unpaired) electrons. The van der Waals surface area contributed by atoms with Crippen molar-refractivity contribution in [2.45, 2.75) is 58.2 Å². The second kappa shape index (κ2) is 9.42. The maximum Gasteiger partial charge on any atom is 0.288 e. The van der Waals surface area contributed by atoms with Crippen LogP contribution in [-0.4, -0.2) is 49.5 Å². The summed E-state index contributed by atoms with van der Waals surface area (Å²) >= 11 is 0. The molecule has 1 aliphatic heterocycles. The number of amides is 1. The largest absolute Gasteiger partial charge is 0.459 e. The molecule has 1 fully saturated rings. The zero-order valence-corrected chi connectivity index (χ0v) is 15.4. The van der Waals surface area contributed by atoms with Crippen molar-refractivity contribution < 1.29 is 19.4 Å². The maximum atomic E-state index is 12.4. The summed E-state index contributed by atoms with van der Waals surface area (Å²) in [6.07, 6.45) is 9.51. The Kier molecular flexibility index (Phi) is 7.56. The minimum absolute atomic E-state index is 0.0962. The number of nitrogens with zero attached hydrogens (tertiary/aromatic N) is 1. The third-order valence-corrected chi connectivity index (χ3v) is 5.27. The number of aliphatic hydroxyl groups is 1. The number of carbonyl (C=O) groups is 1. The molecule has 1 aliphatic carbocycles. The first kappa shape index (κ1) is 19.3. The molecule has 2 rings (SSSR count). The van der Waals surface area contributed by atoms with Gasteiger partial charge in [0.25, 0.3) is 5.91 Å². The van der Waals surface area contributed by atoms with Crippen molar-refractivity contribution in [2.24, 2.45) is 17.8 Å². The van der Waals surface area contributed by atoms with Crippen LogP contribution in [0.1, 0.15) is 51.9 Å². The molecule has 0 aromatic rings. The number of likely N-dealkylation sites (N-methyl/N-ethyl adjacent to an activating group) is 1. The van der Waals surface area contributed by atoms with Crippen LogP contribution >= 0.6 is 0 Å². The van der Waals surface area contributed by atoms with Crippen LogP contribution in [0.2, 0.25) is 0 Å². The van der Waals surface area contributed by atoms with Crippen molar-refractivity contribution in [2.75, 3.05) is 27.3 Å². The van der Waals surface area contributed by atoms with Gasteiger partial charge < -0.3 is 19.5 Å². The summed E-state index contributed by atoms with van der Waals surface area (Å²) in [5.74, 6) is 1.41. The molecule has 24 heavy (non-hydrogen) atoms. The molecular formula is C19H33NO4. The molecule has 138 valence electrons. The average Bonchev–Trinajstić information content (AvgIpc) is 2.60. The van der Waals surface area contributed by atoms with Gasteiger partial charge in [0.05, 0.1) is 0 Å². The van der Waals surface area contributed by atoms with Crippen LogP contribution in [0.3, 0.4) is 0 Å².